The van der Waals surface area contributed by atoms with Gasteiger partial charge in [0.2, 0.25) is 0 Å². The van der Waals surface area contributed by atoms with Gasteiger partial charge in [0.1, 0.15) is 4.90 Å². The molecule has 3 aromatic carbocycles. The van der Waals surface area contributed by atoms with Gasteiger partial charge in [0.25, 0.3) is 25.8 Å². The molecular weight excluding hydrogens is 560 g/mol. The Labute approximate surface area is 216 Å². The summed E-state index contributed by atoms with van der Waals surface area (Å²) in [6, 6.07) is 10.9. The van der Waals surface area contributed by atoms with Crippen LogP contribution < -0.4 is 5.56 Å². The minimum Gasteiger partial charge on any atom is -0.293 e. The van der Waals surface area contributed by atoms with E-state index >= 15 is 0 Å². The van der Waals surface area contributed by atoms with Gasteiger partial charge in [-0.1, -0.05) is 12.6 Å². The van der Waals surface area contributed by atoms with Crippen LogP contribution in [0.4, 0.5) is 11.4 Å². The summed E-state index contributed by atoms with van der Waals surface area (Å²) < 4.78 is 90.5. The minimum atomic E-state index is -4.84. The number of fused-ring (bicyclic) bond motifs is 1. The lowest BCUT2D eigenvalue weighted by atomic mass is 10.1. The molecule has 13 nitrogen and oxygen atoms in total. The zero-order valence-electron chi connectivity index (χ0n) is 19.3. The summed E-state index contributed by atoms with van der Waals surface area (Å²) in [7, 11) is -13.3. The van der Waals surface area contributed by atoms with Gasteiger partial charge in [-0.3, -0.25) is 19.0 Å². The van der Waals surface area contributed by atoms with Crippen LogP contribution in [-0.2, 0) is 30.1 Å². The molecule has 0 amide bonds. The molecule has 0 unspecified atom stereocenters. The molecule has 4 rings (SSSR count). The molecule has 0 saturated heterocycles. The first-order valence-electron chi connectivity index (χ1n) is 10.4. The predicted octanol–water partition coefficient (Wildman–Crippen LogP) is 3.45. The van der Waals surface area contributed by atoms with E-state index in [0.29, 0.717) is 17.4 Å². The molecule has 0 aliphatic heterocycles. The lowest BCUT2D eigenvalue weighted by Crippen LogP contribution is -2.14. The number of H-pyrrole nitrogens is 1. The third kappa shape index (κ3) is 5.20. The number of aromatic amines is 1. The second-order valence-corrected chi connectivity index (χ2v) is 12.6. The summed E-state index contributed by atoms with van der Waals surface area (Å²) in [4.78, 5) is 11.4. The maximum atomic E-state index is 12.9. The van der Waals surface area contributed by atoms with E-state index in [0.717, 1.165) is 16.2 Å². The highest BCUT2D eigenvalue weighted by atomic mass is 32.2. The molecular formula is C22H18N4O9S3. The fourth-order valence-electron chi connectivity index (χ4n) is 3.55. The van der Waals surface area contributed by atoms with Crippen molar-refractivity contribution in [2.45, 2.75) is 21.6 Å². The van der Waals surface area contributed by atoms with E-state index in [-0.39, 0.29) is 27.0 Å². The first-order chi connectivity index (χ1) is 17.6. The molecule has 1 aromatic heterocycles. The zero-order chi connectivity index (χ0) is 28.0. The van der Waals surface area contributed by atoms with E-state index in [2.05, 4.69) is 21.9 Å². The van der Waals surface area contributed by atoms with Crippen LogP contribution in [0.25, 0.3) is 16.5 Å². The van der Waals surface area contributed by atoms with Crippen LogP contribution in [0.5, 0.6) is 0 Å². The number of nitrogens with one attached hydrogen (secondary N) is 1. The minimum absolute atomic E-state index is 0.00176. The van der Waals surface area contributed by atoms with Crippen LogP contribution in [0, 0.1) is 6.92 Å². The van der Waals surface area contributed by atoms with Gasteiger partial charge in [0.05, 0.1) is 26.9 Å². The molecule has 38 heavy (non-hydrogen) atoms. The maximum Gasteiger partial charge on any atom is 0.299 e. The second kappa shape index (κ2) is 9.41. The van der Waals surface area contributed by atoms with Crippen molar-refractivity contribution in [2.24, 2.45) is 10.2 Å². The first-order valence-corrected chi connectivity index (χ1v) is 14.8. The van der Waals surface area contributed by atoms with Crippen LogP contribution in [-0.4, -0.2) is 44.1 Å². The van der Waals surface area contributed by atoms with Crippen LogP contribution in [0.2, 0.25) is 0 Å². The molecule has 0 radical (unpaired) electrons. The largest absolute Gasteiger partial charge is 0.299 e. The quantitative estimate of drug-likeness (QED) is 0.216. The van der Waals surface area contributed by atoms with Gasteiger partial charge in [-0.05, 0) is 60.8 Å². The van der Waals surface area contributed by atoms with E-state index < -0.39 is 45.4 Å². The number of hydrogen-bond donors (Lipinski definition) is 3. The van der Waals surface area contributed by atoms with Gasteiger partial charge in [-0.2, -0.15) is 21.9 Å². The average molecular weight is 579 g/mol. The summed E-state index contributed by atoms with van der Waals surface area (Å²) in [5, 5.41) is 11.5. The van der Waals surface area contributed by atoms with Crippen LogP contribution in [0.1, 0.15) is 5.69 Å². The third-order valence-corrected chi connectivity index (χ3v) is 8.49. The van der Waals surface area contributed by atoms with E-state index in [9.17, 15) is 39.2 Å². The standard InChI is InChI=1S/C22H18N4O9S3/c1-3-36(28,29)17-7-5-16(6-8-17)26-22(27)21(13(2)25-26)24-23-15-4-9-19-14(10-15)11-18(37(30,31)32)12-20(19)38(33,34)35/h3-12,25H,1H2,2H3,(H,30,31,32)(H,33,34,35). The normalized spacial score (nSPS) is 12.8. The number of benzene rings is 3. The summed E-state index contributed by atoms with van der Waals surface area (Å²) in [5.74, 6) is 0. The highest BCUT2D eigenvalue weighted by Crippen LogP contribution is 2.31. The molecule has 0 aliphatic carbocycles. The summed E-state index contributed by atoms with van der Waals surface area (Å²) >= 11 is 0. The molecule has 0 atom stereocenters. The van der Waals surface area contributed by atoms with Crippen molar-refractivity contribution in [3.63, 3.8) is 0 Å². The van der Waals surface area contributed by atoms with Gasteiger partial charge in [-0.25, -0.2) is 13.1 Å². The first kappa shape index (κ1) is 27.1. The molecule has 0 spiro atoms. The fourth-order valence-corrected chi connectivity index (χ4v) is 5.61. The SMILES string of the molecule is C=CS(=O)(=O)c1ccc(-n2[nH]c(C)c(N=Nc3ccc4c(S(=O)(=O)O)cc(S(=O)(=O)O)cc4c3)c2=O)cc1. The zero-order valence-corrected chi connectivity index (χ0v) is 21.7. The summed E-state index contributed by atoms with van der Waals surface area (Å²) in [6.07, 6.45) is 0. The lowest BCUT2D eigenvalue weighted by molar-refractivity contribution is 0.482. The monoisotopic (exact) mass is 578 g/mol. The Kier molecular flexibility index (Phi) is 6.71. The second-order valence-electron chi connectivity index (χ2n) is 7.91. The highest BCUT2D eigenvalue weighted by molar-refractivity contribution is 7.94. The topological polar surface area (TPSA) is 205 Å². The molecule has 0 saturated carbocycles. The van der Waals surface area contributed by atoms with Crippen LogP contribution in [0.3, 0.4) is 0 Å². The molecule has 16 heteroatoms. The number of sulfone groups is 1. The Balaban J connectivity index is 1.75. The Hall–Kier alpha value is -3.96. The van der Waals surface area contributed by atoms with Gasteiger partial charge in [0.15, 0.2) is 15.5 Å². The molecule has 0 bridgehead atoms. The molecule has 4 aromatic rings. The van der Waals surface area contributed by atoms with E-state index in [1.807, 2.05) is 0 Å². The Morgan fingerprint density at radius 1 is 0.868 bits per heavy atom. The summed E-state index contributed by atoms with van der Waals surface area (Å²) in [6.45, 7) is 4.82. The van der Waals surface area contributed by atoms with Crippen molar-refractivity contribution >= 4 is 52.2 Å². The maximum absolute atomic E-state index is 12.9. The fraction of sp³-hybridized carbons (Fsp3) is 0.0455. The van der Waals surface area contributed by atoms with Crippen LogP contribution >= 0.6 is 0 Å². The van der Waals surface area contributed by atoms with Gasteiger partial charge < -0.3 is 0 Å². The Morgan fingerprint density at radius 2 is 1.53 bits per heavy atom. The number of aryl methyl sites for hydroxylation is 1. The van der Waals surface area contributed by atoms with E-state index in [1.165, 1.54) is 42.5 Å². The number of nitrogens with zero attached hydrogens (tertiary/aromatic N) is 3. The van der Waals surface area contributed by atoms with Gasteiger partial charge in [0, 0.05) is 10.8 Å². The Bertz CT molecular complexity index is 2020. The van der Waals surface area contributed by atoms with E-state index in [1.54, 1.807) is 6.92 Å². The molecule has 3 N–H and O–H groups in total. The summed E-state index contributed by atoms with van der Waals surface area (Å²) in [5.41, 5.74) is 0.0529. The smallest absolute Gasteiger partial charge is 0.293 e. The third-order valence-electron chi connectivity index (χ3n) is 5.40. The molecule has 0 fully saturated rings. The van der Waals surface area contributed by atoms with Gasteiger partial charge >= 0.3 is 0 Å². The van der Waals surface area contributed by atoms with Crippen molar-refractivity contribution in [2.75, 3.05) is 0 Å². The number of aromatic nitrogens is 2. The predicted molar refractivity (Wildman–Crippen MR) is 136 cm³/mol. The lowest BCUT2D eigenvalue weighted by Gasteiger charge is -2.07. The van der Waals surface area contributed by atoms with Gasteiger partial charge in [-0.15, -0.1) is 5.11 Å². The van der Waals surface area contributed by atoms with Crippen molar-refractivity contribution in [3.05, 3.63) is 82.6 Å². The highest BCUT2D eigenvalue weighted by Gasteiger charge is 2.21. The number of hydrogen-bond acceptors (Lipinski definition) is 9. The molecule has 0 aliphatic rings. The van der Waals surface area contributed by atoms with Crippen molar-refractivity contribution in [3.8, 4) is 5.69 Å². The van der Waals surface area contributed by atoms with Crippen LogP contribution in [0.15, 0.2) is 96.3 Å². The van der Waals surface area contributed by atoms with E-state index in [4.69, 9.17) is 0 Å². The number of azo groups is 1. The van der Waals surface area contributed by atoms with Crippen molar-refractivity contribution in [1.29, 1.82) is 0 Å². The number of rotatable bonds is 7. The molecule has 198 valence electrons. The van der Waals surface area contributed by atoms with Crippen molar-refractivity contribution in [1.82, 2.24) is 9.78 Å². The van der Waals surface area contributed by atoms with Crippen molar-refractivity contribution < 1.29 is 34.4 Å². The molecule has 1 heterocycles. The average Bonchev–Trinajstić information content (AvgIpc) is 3.13. The Morgan fingerprint density at radius 3 is 2.11 bits per heavy atom.